The first-order valence-electron chi connectivity index (χ1n) is 11.1. The zero-order valence-corrected chi connectivity index (χ0v) is 19.7. The van der Waals surface area contributed by atoms with Gasteiger partial charge in [-0.25, -0.2) is 4.79 Å². The van der Waals surface area contributed by atoms with E-state index in [-0.39, 0.29) is 24.4 Å². The summed E-state index contributed by atoms with van der Waals surface area (Å²) >= 11 is 0. The van der Waals surface area contributed by atoms with E-state index in [0.717, 1.165) is 42.4 Å². The number of aryl methyl sites for hydroxylation is 2. The topological polar surface area (TPSA) is 87.7 Å². The second-order valence-electron chi connectivity index (χ2n) is 9.47. The second-order valence-corrected chi connectivity index (χ2v) is 9.47. The van der Waals surface area contributed by atoms with E-state index in [4.69, 9.17) is 4.74 Å². The molecule has 2 N–H and O–H groups in total. The molecule has 7 nitrogen and oxygen atoms in total. The van der Waals surface area contributed by atoms with E-state index in [9.17, 15) is 14.4 Å². The van der Waals surface area contributed by atoms with Gasteiger partial charge in [-0.1, -0.05) is 43.0 Å². The fraction of sp³-hybridized carbons (Fsp3) is 0.625. The first kappa shape index (κ1) is 24.7. The van der Waals surface area contributed by atoms with E-state index in [1.807, 2.05) is 32.0 Å². The molecule has 3 amide bonds. The molecule has 31 heavy (non-hydrogen) atoms. The molecule has 1 atom stereocenters. The van der Waals surface area contributed by atoms with Crippen molar-refractivity contribution in [2.45, 2.75) is 84.4 Å². The number of carbonyl (C=O) groups excluding carboxylic acids is 3. The van der Waals surface area contributed by atoms with Crippen LogP contribution in [0, 0.1) is 13.8 Å². The van der Waals surface area contributed by atoms with Crippen LogP contribution in [0.1, 0.15) is 75.6 Å². The third-order valence-corrected chi connectivity index (χ3v) is 5.48. The van der Waals surface area contributed by atoms with Crippen molar-refractivity contribution in [3.8, 4) is 0 Å². The van der Waals surface area contributed by atoms with E-state index in [1.165, 1.54) is 11.3 Å². The monoisotopic (exact) mass is 431 g/mol. The number of carbonyl (C=O) groups is 3. The number of nitrogens with one attached hydrogen (secondary N) is 2. The van der Waals surface area contributed by atoms with Gasteiger partial charge in [0.2, 0.25) is 11.8 Å². The minimum atomic E-state index is -0.768. The number of ether oxygens (including phenoxy) is 1. The number of amides is 3. The van der Waals surface area contributed by atoms with Crippen molar-refractivity contribution in [1.82, 2.24) is 15.5 Å². The molecule has 1 aromatic rings. The number of hydrogen-bond acceptors (Lipinski definition) is 4. The zero-order chi connectivity index (χ0) is 23.2. The SMILES string of the molecule is Cc1ccc(C(C(=O)NC2CCCCC2)N(C)C(=O)CNC(=O)OC(C)(C)C)c(C)c1. The van der Waals surface area contributed by atoms with E-state index >= 15 is 0 Å². The lowest BCUT2D eigenvalue weighted by Crippen LogP contribution is -2.48. The van der Waals surface area contributed by atoms with Crippen LogP contribution in [0.4, 0.5) is 4.79 Å². The van der Waals surface area contributed by atoms with Crippen LogP contribution in [-0.2, 0) is 14.3 Å². The molecule has 1 aliphatic carbocycles. The maximum absolute atomic E-state index is 13.3. The van der Waals surface area contributed by atoms with Gasteiger partial charge in [-0.3, -0.25) is 9.59 Å². The largest absolute Gasteiger partial charge is 0.444 e. The Morgan fingerprint density at radius 2 is 1.77 bits per heavy atom. The van der Waals surface area contributed by atoms with Crippen molar-refractivity contribution < 1.29 is 19.1 Å². The standard InChI is InChI=1S/C24H37N3O4/c1-16-12-13-19(17(2)14-16)21(22(29)26-18-10-8-7-9-11-18)27(6)20(28)15-25-23(30)31-24(3,4)5/h12-14,18,21H,7-11,15H2,1-6H3,(H,25,30)(H,26,29). The van der Waals surface area contributed by atoms with Gasteiger partial charge in [-0.05, 0) is 58.6 Å². The summed E-state index contributed by atoms with van der Waals surface area (Å²) in [5.41, 5.74) is 2.17. The first-order valence-corrected chi connectivity index (χ1v) is 11.1. The molecule has 0 spiro atoms. The highest BCUT2D eigenvalue weighted by molar-refractivity contribution is 5.90. The Kier molecular flexibility index (Phi) is 8.48. The maximum atomic E-state index is 13.3. The van der Waals surface area contributed by atoms with Crippen LogP contribution in [0.5, 0.6) is 0 Å². The number of nitrogens with zero attached hydrogens (tertiary/aromatic N) is 1. The molecule has 0 saturated heterocycles. The smallest absolute Gasteiger partial charge is 0.408 e. The average Bonchev–Trinajstić information content (AvgIpc) is 2.67. The highest BCUT2D eigenvalue weighted by atomic mass is 16.6. The van der Waals surface area contributed by atoms with Crippen LogP contribution in [0.3, 0.4) is 0 Å². The van der Waals surface area contributed by atoms with Gasteiger partial charge in [0.1, 0.15) is 18.2 Å². The Bertz CT molecular complexity index is 795. The van der Waals surface area contributed by atoms with Gasteiger partial charge in [0.25, 0.3) is 0 Å². The molecule has 1 saturated carbocycles. The molecule has 7 heteroatoms. The lowest BCUT2D eigenvalue weighted by Gasteiger charge is -2.32. The minimum Gasteiger partial charge on any atom is -0.444 e. The first-order chi connectivity index (χ1) is 14.5. The summed E-state index contributed by atoms with van der Waals surface area (Å²) in [6, 6.07) is 5.22. The molecule has 1 aromatic carbocycles. The van der Waals surface area contributed by atoms with Gasteiger partial charge in [-0.2, -0.15) is 0 Å². The summed E-state index contributed by atoms with van der Waals surface area (Å²) in [6.45, 7) is 8.96. The number of likely N-dealkylation sites (N-methyl/N-ethyl adjacent to an activating group) is 1. The lowest BCUT2D eigenvalue weighted by atomic mass is 9.93. The lowest BCUT2D eigenvalue weighted by molar-refractivity contribution is -0.139. The van der Waals surface area contributed by atoms with Crippen molar-refractivity contribution in [2.75, 3.05) is 13.6 Å². The Morgan fingerprint density at radius 3 is 2.35 bits per heavy atom. The molecular formula is C24H37N3O4. The summed E-state index contributed by atoms with van der Waals surface area (Å²) < 4.78 is 5.19. The third kappa shape index (κ3) is 7.56. The Hall–Kier alpha value is -2.57. The predicted octanol–water partition coefficient (Wildman–Crippen LogP) is 3.78. The van der Waals surface area contributed by atoms with E-state index in [0.29, 0.717) is 0 Å². The predicted molar refractivity (Wildman–Crippen MR) is 121 cm³/mol. The molecule has 172 valence electrons. The highest BCUT2D eigenvalue weighted by Crippen LogP contribution is 2.26. The van der Waals surface area contributed by atoms with Crippen LogP contribution in [0.25, 0.3) is 0 Å². The van der Waals surface area contributed by atoms with Gasteiger partial charge in [-0.15, -0.1) is 0 Å². The zero-order valence-electron chi connectivity index (χ0n) is 19.7. The van der Waals surface area contributed by atoms with Crippen molar-refractivity contribution in [3.05, 3.63) is 34.9 Å². The molecule has 0 heterocycles. The summed E-state index contributed by atoms with van der Waals surface area (Å²) in [7, 11) is 1.60. The van der Waals surface area contributed by atoms with Gasteiger partial charge in [0, 0.05) is 13.1 Å². The third-order valence-electron chi connectivity index (χ3n) is 5.48. The summed E-state index contributed by atoms with van der Waals surface area (Å²) in [5.74, 6) is -0.554. The summed E-state index contributed by atoms with van der Waals surface area (Å²) in [6.07, 6.45) is 4.67. The molecule has 0 aromatic heterocycles. The number of benzene rings is 1. The quantitative estimate of drug-likeness (QED) is 0.718. The molecule has 0 aliphatic heterocycles. The number of alkyl carbamates (subject to hydrolysis) is 1. The van der Waals surface area contributed by atoms with Crippen LogP contribution >= 0.6 is 0 Å². The Morgan fingerprint density at radius 1 is 1.13 bits per heavy atom. The molecular weight excluding hydrogens is 394 g/mol. The van der Waals surface area contributed by atoms with Crippen LogP contribution < -0.4 is 10.6 Å². The van der Waals surface area contributed by atoms with E-state index < -0.39 is 17.7 Å². The molecule has 0 radical (unpaired) electrons. The number of hydrogen-bond donors (Lipinski definition) is 2. The van der Waals surface area contributed by atoms with E-state index in [2.05, 4.69) is 10.6 Å². The fourth-order valence-corrected chi connectivity index (χ4v) is 3.92. The molecule has 0 bridgehead atoms. The molecule has 2 rings (SSSR count). The van der Waals surface area contributed by atoms with Crippen molar-refractivity contribution >= 4 is 17.9 Å². The van der Waals surface area contributed by atoms with Crippen LogP contribution in [0.15, 0.2) is 18.2 Å². The van der Waals surface area contributed by atoms with Crippen LogP contribution in [-0.4, -0.2) is 48.0 Å². The van der Waals surface area contributed by atoms with Crippen molar-refractivity contribution in [2.24, 2.45) is 0 Å². The summed E-state index contributed by atoms with van der Waals surface area (Å²) in [4.78, 5) is 39.5. The molecule has 1 unspecified atom stereocenters. The Balaban J connectivity index is 2.17. The maximum Gasteiger partial charge on any atom is 0.408 e. The van der Waals surface area contributed by atoms with Gasteiger partial charge >= 0.3 is 6.09 Å². The minimum absolute atomic E-state index is 0.137. The van der Waals surface area contributed by atoms with Crippen molar-refractivity contribution in [1.29, 1.82) is 0 Å². The van der Waals surface area contributed by atoms with Gasteiger partial charge < -0.3 is 20.3 Å². The average molecular weight is 432 g/mol. The fourth-order valence-electron chi connectivity index (χ4n) is 3.92. The second kappa shape index (κ2) is 10.6. The van der Waals surface area contributed by atoms with Gasteiger partial charge in [0.15, 0.2) is 0 Å². The number of rotatable bonds is 6. The van der Waals surface area contributed by atoms with Crippen LogP contribution in [0.2, 0.25) is 0 Å². The molecule has 1 aliphatic rings. The van der Waals surface area contributed by atoms with Gasteiger partial charge in [0.05, 0.1) is 0 Å². The normalized spacial score (nSPS) is 15.7. The highest BCUT2D eigenvalue weighted by Gasteiger charge is 2.31. The summed E-state index contributed by atoms with van der Waals surface area (Å²) in [5, 5.41) is 5.63. The van der Waals surface area contributed by atoms with E-state index in [1.54, 1.807) is 27.8 Å². The Labute approximate surface area is 185 Å². The van der Waals surface area contributed by atoms with Crippen molar-refractivity contribution in [3.63, 3.8) is 0 Å². The molecule has 1 fully saturated rings.